The molecule has 0 spiro atoms. The molecule has 2 aliphatic heterocycles. The van der Waals surface area contributed by atoms with Gasteiger partial charge in [0.2, 0.25) is 0 Å². The van der Waals surface area contributed by atoms with Crippen LogP contribution in [0.3, 0.4) is 0 Å². The van der Waals surface area contributed by atoms with Crippen LogP contribution in [0.1, 0.15) is 81.0 Å². The maximum absolute atomic E-state index is 12.8. The lowest BCUT2D eigenvalue weighted by Gasteiger charge is -2.31. The van der Waals surface area contributed by atoms with Crippen LogP contribution in [0.15, 0.2) is 42.5 Å². The zero-order valence-corrected chi connectivity index (χ0v) is 23.2. The minimum absolute atomic E-state index is 0.0117. The first-order chi connectivity index (χ1) is 19.1. The number of hydrogen-bond acceptors (Lipinski definition) is 8. The van der Waals surface area contributed by atoms with Gasteiger partial charge in [-0.25, -0.2) is 9.59 Å². The summed E-state index contributed by atoms with van der Waals surface area (Å²) in [5, 5.41) is 0. The van der Waals surface area contributed by atoms with Crippen molar-refractivity contribution in [3.05, 3.63) is 48.0 Å². The van der Waals surface area contributed by atoms with Crippen LogP contribution in [0.2, 0.25) is 0 Å². The number of carbonyl (C=O) groups excluding carboxylic acids is 2. The molecule has 39 heavy (non-hydrogen) atoms. The van der Waals surface area contributed by atoms with E-state index in [1.165, 1.54) is 13.2 Å². The molecule has 8 heteroatoms. The molecule has 1 aromatic carbocycles. The van der Waals surface area contributed by atoms with Gasteiger partial charge in [-0.2, -0.15) is 0 Å². The van der Waals surface area contributed by atoms with Crippen molar-refractivity contribution >= 4 is 11.9 Å². The van der Waals surface area contributed by atoms with Crippen molar-refractivity contribution in [3.8, 4) is 0 Å². The fourth-order valence-electron chi connectivity index (χ4n) is 5.82. The Morgan fingerprint density at radius 2 is 1.56 bits per heavy atom. The highest BCUT2D eigenvalue weighted by molar-refractivity contribution is 5.89. The average molecular weight is 545 g/mol. The van der Waals surface area contributed by atoms with Crippen molar-refractivity contribution in [2.24, 2.45) is 11.8 Å². The Kier molecular flexibility index (Phi) is 12.3. The van der Waals surface area contributed by atoms with Gasteiger partial charge in [-0.3, -0.25) is 0 Å². The molecule has 3 aliphatic rings. The normalized spacial score (nSPS) is 29.4. The number of carbonyl (C=O) groups is 2. The Bertz CT molecular complexity index is 891. The van der Waals surface area contributed by atoms with Crippen molar-refractivity contribution in [3.63, 3.8) is 0 Å². The van der Waals surface area contributed by atoms with Gasteiger partial charge in [0.25, 0.3) is 0 Å². The maximum atomic E-state index is 12.8. The van der Waals surface area contributed by atoms with E-state index in [1.54, 1.807) is 12.1 Å². The molecule has 0 bridgehead atoms. The second-order valence-corrected chi connectivity index (χ2v) is 10.7. The number of allylic oxidation sites excluding steroid dienone is 1. The third-order valence-electron chi connectivity index (χ3n) is 7.93. The van der Waals surface area contributed by atoms with Gasteiger partial charge in [-0.15, -0.1) is 0 Å². The molecule has 1 saturated carbocycles. The molecule has 216 valence electrons. The van der Waals surface area contributed by atoms with E-state index < -0.39 is 0 Å². The molecule has 2 saturated heterocycles. The van der Waals surface area contributed by atoms with Crippen LogP contribution in [-0.2, 0) is 33.2 Å². The maximum Gasteiger partial charge on any atom is 0.338 e. The number of methoxy groups -OCH3 is 1. The molecular formula is C31H44O8. The number of rotatable bonds is 13. The quantitative estimate of drug-likeness (QED) is 0.180. The largest absolute Gasteiger partial charge is 0.466 e. The molecule has 8 nitrogen and oxygen atoms in total. The Hall–Kier alpha value is -2.26. The van der Waals surface area contributed by atoms with Crippen LogP contribution in [-0.4, -0.2) is 63.7 Å². The molecule has 2 unspecified atom stereocenters. The Morgan fingerprint density at radius 3 is 2.18 bits per heavy atom. The fourth-order valence-corrected chi connectivity index (χ4v) is 5.82. The second-order valence-electron chi connectivity index (χ2n) is 10.7. The summed E-state index contributed by atoms with van der Waals surface area (Å²) in [7, 11) is 1.38. The monoisotopic (exact) mass is 544 g/mol. The van der Waals surface area contributed by atoms with Gasteiger partial charge in [0, 0.05) is 31.6 Å². The van der Waals surface area contributed by atoms with Crippen molar-refractivity contribution in [2.45, 2.75) is 95.4 Å². The average Bonchev–Trinajstić information content (AvgIpc) is 3.29. The highest BCUT2D eigenvalue weighted by Gasteiger charge is 2.47. The first-order valence-corrected chi connectivity index (χ1v) is 14.6. The van der Waals surface area contributed by atoms with Crippen LogP contribution in [0.25, 0.3) is 0 Å². The van der Waals surface area contributed by atoms with E-state index in [0.29, 0.717) is 12.2 Å². The molecule has 3 fully saturated rings. The van der Waals surface area contributed by atoms with Crippen molar-refractivity contribution < 1.29 is 38.0 Å². The lowest BCUT2D eigenvalue weighted by molar-refractivity contribution is -0.204. The summed E-state index contributed by atoms with van der Waals surface area (Å²) in [6, 6.07) is 9.10. The van der Waals surface area contributed by atoms with Crippen LogP contribution in [0.5, 0.6) is 0 Å². The van der Waals surface area contributed by atoms with E-state index in [9.17, 15) is 9.59 Å². The van der Waals surface area contributed by atoms with E-state index in [4.69, 9.17) is 23.7 Å². The SMILES string of the molecule is COC(=O)/C=C/CCCC[C@@H]1[C@@H](COC(=O)c2ccccc2)[C@H](OC2CCCCO2)C[C@@H]1OC1CCCCO1. The van der Waals surface area contributed by atoms with E-state index in [-0.39, 0.29) is 55.2 Å². The van der Waals surface area contributed by atoms with Crippen LogP contribution < -0.4 is 0 Å². The highest BCUT2D eigenvalue weighted by atomic mass is 16.7. The first kappa shape index (κ1) is 29.7. The minimum atomic E-state index is -0.336. The predicted octanol–water partition coefficient (Wildman–Crippen LogP) is 5.59. The summed E-state index contributed by atoms with van der Waals surface area (Å²) in [5.41, 5.74) is 0.543. The third-order valence-corrected chi connectivity index (χ3v) is 7.93. The van der Waals surface area contributed by atoms with Crippen molar-refractivity contribution in [2.75, 3.05) is 26.9 Å². The molecule has 0 aromatic heterocycles. The first-order valence-electron chi connectivity index (χ1n) is 14.6. The summed E-state index contributed by atoms with van der Waals surface area (Å²) in [6.45, 7) is 1.70. The number of hydrogen-bond donors (Lipinski definition) is 0. The molecule has 0 radical (unpaired) electrons. The molecule has 4 rings (SSSR count). The van der Waals surface area contributed by atoms with Gasteiger partial charge in [-0.05, 0) is 75.8 Å². The van der Waals surface area contributed by atoms with Gasteiger partial charge < -0.3 is 28.4 Å². The summed E-state index contributed by atoms with van der Waals surface area (Å²) >= 11 is 0. The Balaban J connectivity index is 1.44. The molecule has 1 aromatic rings. The molecule has 0 N–H and O–H groups in total. The molecule has 6 atom stereocenters. The summed E-state index contributed by atoms with van der Waals surface area (Å²) in [4.78, 5) is 24.2. The van der Waals surface area contributed by atoms with Crippen molar-refractivity contribution in [1.82, 2.24) is 0 Å². The van der Waals surface area contributed by atoms with Gasteiger partial charge >= 0.3 is 11.9 Å². The van der Waals surface area contributed by atoms with E-state index >= 15 is 0 Å². The zero-order chi connectivity index (χ0) is 27.3. The van der Waals surface area contributed by atoms with Crippen LogP contribution >= 0.6 is 0 Å². The zero-order valence-electron chi connectivity index (χ0n) is 23.2. The van der Waals surface area contributed by atoms with E-state index in [0.717, 1.165) is 77.2 Å². The molecule has 2 heterocycles. The highest BCUT2D eigenvalue weighted by Crippen LogP contribution is 2.42. The van der Waals surface area contributed by atoms with Gasteiger partial charge in [0.05, 0.1) is 31.5 Å². The van der Waals surface area contributed by atoms with E-state index in [1.807, 2.05) is 24.3 Å². The fraction of sp³-hybridized carbons (Fsp3) is 0.677. The lowest BCUT2D eigenvalue weighted by atomic mass is 9.89. The van der Waals surface area contributed by atoms with Crippen LogP contribution in [0, 0.1) is 11.8 Å². The van der Waals surface area contributed by atoms with E-state index in [2.05, 4.69) is 4.74 Å². The standard InChI is InChI=1S/C31H44O8/c1-34-28(32)16-8-3-2-7-15-24-25(22-37-31(33)23-13-5-4-6-14-23)27(39-30-18-10-12-20-36-30)21-26(24)38-29-17-9-11-19-35-29/h4-6,8,13-14,16,24-27,29-30H,2-3,7,9-12,15,17-22H2,1H3/b16-8+/t24-,25-,26+,27-,29?,30?/m1/s1. The lowest BCUT2D eigenvalue weighted by Crippen LogP contribution is -2.34. The summed E-state index contributed by atoms with van der Waals surface area (Å²) in [6.07, 6.45) is 13.1. The number of esters is 2. The Morgan fingerprint density at radius 1 is 0.897 bits per heavy atom. The minimum Gasteiger partial charge on any atom is -0.466 e. The van der Waals surface area contributed by atoms with Crippen LogP contribution in [0.4, 0.5) is 0 Å². The molecule has 0 amide bonds. The van der Waals surface area contributed by atoms with Gasteiger partial charge in [-0.1, -0.05) is 30.7 Å². The van der Waals surface area contributed by atoms with Gasteiger partial charge in [0.1, 0.15) is 0 Å². The number of unbranched alkanes of at least 4 members (excludes halogenated alkanes) is 2. The molecule has 1 aliphatic carbocycles. The number of ether oxygens (including phenoxy) is 6. The topological polar surface area (TPSA) is 89.5 Å². The third kappa shape index (κ3) is 9.41. The second kappa shape index (κ2) is 16.1. The number of benzene rings is 1. The summed E-state index contributed by atoms with van der Waals surface area (Å²) < 4.78 is 35.5. The molecular weight excluding hydrogens is 500 g/mol. The predicted molar refractivity (Wildman–Crippen MR) is 145 cm³/mol. The van der Waals surface area contributed by atoms with Gasteiger partial charge in [0.15, 0.2) is 12.6 Å². The smallest absolute Gasteiger partial charge is 0.338 e. The Labute approximate surface area is 232 Å². The van der Waals surface area contributed by atoms with Crippen molar-refractivity contribution in [1.29, 1.82) is 0 Å². The summed E-state index contributed by atoms with van der Waals surface area (Å²) in [5.74, 6) is -0.522.